The topological polar surface area (TPSA) is 77.2 Å². The molecule has 0 aromatic heterocycles. The summed E-state index contributed by atoms with van der Waals surface area (Å²) in [5.74, 6) is 2.20. The van der Waals surface area contributed by atoms with Crippen LogP contribution in [0.5, 0.6) is 17.2 Å². The molecule has 0 heterocycles. The molecule has 0 bridgehead atoms. The normalized spacial score (nSPS) is 11.7. The fraction of sp³-hybridized carbons (Fsp3) is 0.160. The van der Waals surface area contributed by atoms with Gasteiger partial charge < -0.3 is 25.1 Å². The molecule has 7 aromatic rings. The van der Waals surface area contributed by atoms with Crippen molar-refractivity contribution in [1.29, 1.82) is 0 Å². The zero-order chi connectivity index (χ0) is 38.4. The number of hydrogen-bond acceptors (Lipinski definition) is 6. The van der Waals surface area contributed by atoms with E-state index in [2.05, 4.69) is 77.7 Å². The van der Waals surface area contributed by atoms with E-state index in [1.54, 1.807) is 0 Å². The van der Waals surface area contributed by atoms with Crippen LogP contribution in [-0.2, 0) is 26.4 Å². The minimum Gasteiger partial charge on any atom is -0.489 e. The number of rotatable bonds is 18. The molecule has 7 rings (SSSR count). The maximum absolute atomic E-state index is 11.8. The molecule has 0 saturated carbocycles. The van der Waals surface area contributed by atoms with Crippen molar-refractivity contribution in [1.82, 2.24) is 4.90 Å². The van der Waals surface area contributed by atoms with Gasteiger partial charge in [0, 0.05) is 25.6 Å². The first-order valence-corrected chi connectivity index (χ1v) is 19.1. The van der Waals surface area contributed by atoms with Crippen LogP contribution in [0.15, 0.2) is 188 Å². The summed E-state index contributed by atoms with van der Waals surface area (Å²) < 4.78 is 18.3. The fourth-order valence-electron chi connectivity index (χ4n) is 6.77. The lowest BCUT2D eigenvalue weighted by atomic mass is 9.90. The summed E-state index contributed by atoms with van der Waals surface area (Å²) in [6.45, 7) is 3.11. The lowest BCUT2D eigenvalue weighted by molar-refractivity contribution is 0.107. The summed E-state index contributed by atoms with van der Waals surface area (Å²) in [6.07, 6.45) is -0.785. The van der Waals surface area contributed by atoms with Gasteiger partial charge in [0.15, 0.2) is 0 Å². The van der Waals surface area contributed by atoms with Crippen LogP contribution in [0.2, 0.25) is 0 Å². The molecule has 0 spiro atoms. The third-order valence-corrected chi connectivity index (χ3v) is 9.84. The quantitative estimate of drug-likeness (QED) is 0.0854. The second-order valence-electron chi connectivity index (χ2n) is 14.0. The molecular formula is C50H48N2O4. The van der Waals surface area contributed by atoms with Crippen molar-refractivity contribution in [2.45, 2.75) is 38.4 Å². The molecule has 0 amide bonds. The van der Waals surface area contributed by atoms with Crippen LogP contribution in [0.25, 0.3) is 0 Å². The third-order valence-electron chi connectivity index (χ3n) is 9.84. The maximum Gasteiger partial charge on any atom is 0.142 e. The first kappa shape index (κ1) is 38.0. The Morgan fingerprint density at radius 2 is 0.857 bits per heavy atom. The number of nitrogens with zero attached hydrogens (tertiary/aromatic N) is 1. The van der Waals surface area contributed by atoms with Crippen LogP contribution < -0.4 is 19.9 Å². The van der Waals surface area contributed by atoms with Crippen LogP contribution in [0.1, 0.15) is 51.0 Å². The SMILES string of the molecule is Nc1cc([C@@H](O)CN(Cc2ccccc2)CC(c2ccc(OCc3ccccc3)cc2)c2ccc(OCc3ccccc3)cc2)ccc1OCc1ccccc1. The van der Waals surface area contributed by atoms with Gasteiger partial charge in [-0.15, -0.1) is 0 Å². The molecule has 3 N–H and O–H groups in total. The summed E-state index contributed by atoms with van der Waals surface area (Å²) in [6, 6.07) is 63.1. The lowest BCUT2D eigenvalue weighted by Crippen LogP contribution is -2.33. The number of anilines is 1. The van der Waals surface area contributed by atoms with Gasteiger partial charge in [0.05, 0.1) is 11.8 Å². The number of hydrogen-bond donors (Lipinski definition) is 2. The van der Waals surface area contributed by atoms with Gasteiger partial charge >= 0.3 is 0 Å². The Morgan fingerprint density at radius 1 is 0.446 bits per heavy atom. The van der Waals surface area contributed by atoms with Crippen LogP contribution in [0, 0.1) is 0 Å². The molecule has 282 valence electrons. The summed E-state index contributed by atoms with van der Waals surface area (Å²) >= 11 is 0. The number of benzene rings is 7. The van der Waals surface area contributed by atoms with Crippen molar-refractivity contribution in [3.05, 3.63) is 227 Å². The smallest absolute Gasteiger partial charge is 0.142 e. The molecule has 0 aliphatic carbocycles. The summed E-state index contributed by atoms with van der Waals surface area (Å²) in [5.41, 5.74) is 14.5. The van der Waals surface area contributed by atoms with Crippen LogP contribution in [0.4, 0.5) is 5.69 Å². The Bertz CT molecular complexity index is 2110. The highest BCUT2D eigenvalue weighted by atomic mass is 16.5. The van der Waals surface area contributed by atoms with Crippen LogP contribution in [0.3, 0.4) is 0 Å². The Hall–Kier alpha value is -6.34. The second kappa shape index (κ2) is 19.3. The second-order valence-corrected chi connectivity index (χ2v) is 14.0. The molecule has 56 heavy (non-hydrogen) atoms. The molecule has 7 aromatic carbocycles. The van der Waals surface area contributed by atoms with E-state index in [0.717, 1.165) is 50.4 Å². The van der Waals surface area contributed by atoms with E-state index in [9.17, 15) is 5.11 Å². The highest BCUT2D eigenvalue weighted by Gasteiger charge is 2.23. The van der Waals surface area contributed by atoms with Gasteiger partial charge in [-0.05, 0) is 75.3 Å². The Morgan fingerprint density at radius 3 is 1.30 bits per heavy atom. The molecule has 1 atom stereocenters. The van der Waals surface area contributed by atoms with Gasteiger partial charge in [-0.3, -0.25) is 4.90 Å². The lowest BCUT2D eigenvalue weighted by Gasteiger charge is -2.30. The molecule has 0 aliphatic rings. The van der Waals surface area contributed by atoms with Crippen molar-refractivity contribution < 1.29 is 19.3 Å². The van der Waals surface area contributed by atoms with Crippen molar-refractivity contribution in [2.24, 2.45) is 0 Å². The molecular weight excluding hydrogens is 693 g/mol. The maximum atomic E-state index is 11.8. The third kappa shape index (κ3) is 10.9. The summed E-state index contributed by atoms with van der Waals surface area (Å²) in [7, 11) is 0. The van der Waals surface area contributed by atoms with E-state index in [0.29, 0.717) is 50.9 Å². The summed E-state index contributed by atoms with van der Waals surface area (Å²) in [5, 5.41) is 11.8. The standard InChI is InChI=1S/C50H48N2O4/c51-48-31-44(25-30-50(48)56-37-41-19-11-4-12-20-41)49(53)34-52(32-38-13-5-1-6-14-38)33-47(42-21-26-45(27-22-42)54-35-39-15-7-2-8-16-39)43-23-28-46(29-24-43)55-36-40-17-9-3-10-18-40/h1-31,47,49,53H,32-37,51H2/t49-/m0/s1. The molecule has 0 fully saturated rings. The molecule has 6 heteroatoms. The molecule has 0 aliphatic heterocycles. The Labute approximate surface area is 330 Å². The van der Waals surface area contributed by atoms with Gasteiger partial charge in [0.25, 0.3) is 0 Å². The number of nitrogens with two attached hydrogens (primary N) is 1. The van der Waals surface area contributed by atoms with Crippen LogP contribution >= 0.6 is 0 Å². The predicted octanol–water partition coefficient (Wildman–Crippen LogP) is 10.4. The zero-order valence-corrected chi connectivity index (χ0v) is 31.5. The largest absolute Gasteiger partial charge is 0.489 e. The van der Waals surface area contributed by atoms with Gasteiger partial charge in [-0.1, -0.05) is 152 Å². The fourth-order valence-corrected chi connectivity index (χ4v) is 6.77. The van der Waals surface area contributed by atoms with Crippen LogP contribution in [-0.4, -0.2) is 23.1 Å². The van der Waals surface area contributed by atoms with Crippen molar-refractivity contribution >= 4 is 5.69 Å². The van der Waals surface area contributed by atoms with Gasteiger partial charge in [0.2, 0.25) is 0 Å². The first-order valence-electron chi connectivity index (χ1n) is 19.1. The predicted molar refractivity (Wildman–Crippen MR) is 225 cm³/mol. The van der Waals surface area contributed by atoms with Crippen molar-refractivity contribution in [2.75, 3.05) is 18.8 Å². The van der Waals surface area contributed by atoms with Crippen molar-refractivity contribution in [3.8, 4) is 17.2 Å². The van der Waals surface area contributed by atoms with E-state index >= 15 is 0 Å². The van der Waals surface area contributed by atoms with E-state index in [1.165, 1.54) is 0 Å². The van der Waals surface area contributed by atoms with Gasteiger partial charge in [0.1, 0.15) is 37.1 Å². The van der Waals surface area contributed by atoms with Gasteiger partial charge in [-0.2, -0.15) is 0 Å². The average Bonchev–Trinajstić information content (AvgIpc) is 3.25. The summed E-state index contributed by atoms with van der Waals surface area (Å²) in [4.78, 5) is 2.32. The molecule has 0 radical (unpaired) electrons. The highest BCUT2D eigenvalue weighted by molar-refractivity contribution is 5.55. The van der Waals surface area contributed by atoms with E-state index in [-0.39, 0.29) is 5.92 Å². The van der Waals surface area contributed by atoms with E-state index < -0.39 is 6.10 Å². The molecule has 6 nitrogen and oxygen atoms in total. The number of ether oxygens (including phenoxy) is 3. The number of aliphatic hydroxyl groups is 1. The van der Waals surface area contributed by atoms with E-state index in [4.69, 9.17) is 19.9 Å². The average molecular weight is 741 g/mol. The van der Waals surface area contributed by atoms with E-state index in [1.807, 2.05) is 115 Å². The Kier molecular flexibility index (Phi) is 13.1. The van der Waals surface area contributed by atoms with Crippen molar-refractivity contribution in [3.63, 3.8) is 0 Å². The monoisotopic (exact) mass is 740 g/mol. The molecule has 0 saturated heterocycles. The van der Waals surface area contributed by atoms with Gasteiger partial charge in [-0.25, -0.2) is 0 Å². The molecule has 0 unspecified atom stereocenters. The zero-order valence-electron chi connectivity index (χ0n) is 31.5. The number of nitrogen functional groups attached to an aromatic ring is 1. The minimum atomic E-state index is -0.785. The number of aliphatic hydroxyl groups excluding tert-OH is 1. The Balaban J connectivity index is 1.12. The highest BCUT2D eigenvalue weighted by Crippen LogP contribution is 2.32. The minimum absolute atomic E-state index is 0.0175. The first-order chi connectivity index (χ1) is 27.6.